The molecule has 5 heteroatoms. The van der Waals surface area contributed by atoms with Crippen LogP contribution in [0.4, 0.5) is 18.9 Å². The van der Waals surface area contributed by atoms with Crippen LogP contribution >= 0.6 is 0 Å². The van der Waals surface area contributed by atoms with Gasteiger partial charge >= 0.3 is 12.1 Å². The summed E-state index contributed by atoms with van der Waals surface area (Å²) in [6, 6.07) is 5.48. The molecule has 0 fully saturated rings. The maximum Gasteiger partial charge on any atom is 0.471 e. The quantitative estimate of drug-likeness (QED) is 0.711. The Balaban J connectivity index is 2.75. The van der Waals surface area contributed by atoms with Crippen LogP contribution in [0.25, 0.3) is 0 Å². The molecule has 1 rings (SSSR count). The molecule has 0 aliphatic heterocycles. The van der Waals surface area contributed by atoms with Gasteiger partial charge in [0.2, 0.25) is 0 Å². The molecular weight excluding hydrogens is 207 g/mol. The van der Waals surface area contributed by atoms with Crippen LogP contribution in [0, 0.1) is 12.3 Å². The molecule has 1 N–H and O–H groups in total. The highest BCUT2D eigenvalue weighted by Gasteiger charge is 2.38. The van der Waals surface area contributed by atoms with E-state index in [4.69, 9.17) is 6.42 Å². The summed E-state index contributed by atoms with van der Waals surface area (Å²) in [6.45, 7) is 0. The Kier molecular flexibility index (Phi) is 3.00. The Morgan fingerprint density at radius 1 is 1.27 bits per heavy atom. The second kappa shape index (κ2) is 4.05. The summed E-state index contributed by atoms with van der Waals surface area (Å²) in [5.74, 6) is 0.299. The van der Waals surface area contributed by atoms with Gasteiger partial charge in [0.05, 0.1) is 0 Å². The van der Waals surface area contributed by atoms with Crippen molar-refractivity contribution in [3.05, 3.63) is 29.8 Å². The molecule has 0 spiro atoms. The fourth-order valence-corrected chi connectivity index (χ4v) is 0.852. The first-order valence-electron chi connectivity index (χ1n) is 3.88. The predicted octanol–water partition coefficient (Wildman–Crippen LogP) is 2.17. The lowest BCUT2D eigenvalue weighted by molar-refractivity contribution is -0.167. The number of amides is 1. The van der Waals surface area contributed by atoms with Gasteiger partial charge in [0, 0.05) is 11.3 Å². The maximum absolute atomic E-state index is 11.8. The van der Waals surface area contributed by atoms with Crippen molar-refractivity contribution in [2.45, 2.75) is 6.18 Å². The zero-order valence-electron chi connectivity index (χ0n) is 7.43. The summed E-state index contributed by atoms with van der Waals surface area (Å²) in [4.78, 5) is 10.5. The van der Waals surface area contributed by atoms with Gasteiger partial charge in [-0.2, -0.15) is 13.2 Å². The Hall–Kier alpha value is -1.96. The number of carbonyl (C=O) groups excluding carboxylic acids is 1. The molecule has 0 saturated heterocycles. The van der Waals surface area contributed by atoms with E-state index in [1.54, 1.807) is 5.32 Å². The number of carbonyl (C=O) groups is 1. The minimum Gasteiger partial charge on any atom is -0.318 e. The van der Waals surface area contributed by atoms with E-state index in [1.807, 2.05) is 0 Å². The van der Waals surface area contributed by atoms with E-state index < -0.39 is 12.1 Å². The van der Waals surface area contributed by atoms with E-state index in [9.17, 15) is 18.0 Å². The average Bonchev–Trinajstić information content (AvgIpc) is 2.17. The van der Waals surface area contributed by atoms with Gasteiger partial charge in [0.25, 0.3) is 0 Å². The van der Waals surface area contributed by atoms with Crippen molar-refractivity contribution in [2.24, 2.45) is 0 Å². The molecule has 0 atom stereocenters. The Labute approximate surface area is 84.1 Å². The lowest BCUT2D eigenvalue weighted by Gasteiger charge is -2.07. The minimum atomic E-state index is -4.88. The normalized spacial score (nSPS) is 10.5. The molecule has 0 aliphatic rings. The van der Waals surface area contributed by atoms with E-state index in [1.165, 1.54) is 24.3 Å². The fraction of sp³-hybridized carbons (Fsp3) is 0.100. The van der Waals surface area contributed by atoms with Gasteiger partial charge < -0.3 is 5.32 Å². The summed E-state index contributed by atoms with van der Waals surface area (Å²) >= 11 is 0. The van der Waals surface area contributed by atoms with Gasteiger partial charge in [-0.15, -0.1) is 6.42 Å². The number of benzene rings is 1. The zero-order chi connectivity index (χ0) is 11.5. The van der Waals surface area contributed by atoms with Crippen LogP contribution < -0.4 is 5.32 Å². The van der Waals surface area contributed by atoms with Gasteiger partial charge in [-0.05, 0) is 24.3 Å². The van der Waals surface area contributed by atoms with Gasteiger partial charge in [-0.3, -0.25) is 4.79 Å². The number of alkyl halides is 3. The molecule has 2 nitrogen and oxygen atoms in total. The molecule has 1 amide bonds. The minimum absolute atomic E-state index is 0.0522. The third-order valence-electron chi connectivity index (χ3n) is 1.57. The average molecular weight is 213 g/mol. The van der Waals surface area contributed by atoms with Crippen molar-refractivity contribution in [3.63, 3.8) is 0 Å². The number of anilines is 1. The Morgan fingerprint density at radius 2 is 1.80 bits per heavy atom. The number of rotatable bonds is 1. The number of hydrogen-bond acceptors (Lipinski definition) is 1. The second-order valence-corrected chi connectivity index (χ2v) is 2.67. The van der Waals surface area contributed by atoms with Crippen molar-refractivity contribution in [2.75, 3.05) is 5.32 Å². The van der Waals surface area contributed by atoms with Crippen molar-refractivity contribution in [1.29, 1.82) is 0 Å². The smallest absolute Gasteiger partial charge is 0.318 e. The number of terminal acetylenes is 1. The van der Waals surface area contributed by atoms with Crippen LogP contribution in [-0.4, -0.2) is 12.1 Å². The fourth-order valence-electron chi connectivity index (χ4n) is 0.852. The van der Waals surface area contributed by atoms with Crippen LogP contribution in [0.2, 0.25) is 0 Å². The van der Waals surface area contributed by atoms with Crippen LogP contribution in [0.3, 0.4) is 0 Å². The predicted molar refractivity (Wildman–Crippen MR) is 49.1 cm³/mol. The first-order valence-corrected chi connectivity index (χ1v) is 3.88. The highest BCUT2D eigenvalue weighted by Crippen LogP contribution is 2.18. The molecule has 0 bridgehead atoms. The first kappa shape index (κ1) is 11.1. The molecular formula is C10H6F3NO. The van der Waals surface area contributed by atoms with Crippen molar-refractivity contribution < 1.29 is 18.0 Å². The van der Waals surface area contributed by atoms with Crippen LogP contribution in [0.1, 0.15) is 5.56 Å². The number of nitrogens with one attached hydrogen (secondary N) is 1. The van der Waals surface area contributed by atoms with Crippen molar-refractivity contribution in [3.8, 4) is 12.3 Å². The highest BCUT2D eigenvalue weighted by molar-refractivity contribution is 5.94. The van der Waals surface area contributed by atoms with Gasteiger partial charge in [0.1, 0.15) is 0 Å². The van der Waals surface area contributed by atoms with Crippen LogP contribution in [0.15, 0.2) is 24.3 Å². The summed E-state index contributed by atoms with van der Waals surface area (Å²) in [5, 5.41) is 1.70. The Bertz CT molecular complexity index is 400. The highest BCUT2D eigenvalue weighted by atomic mass is 19.4. The molecule has 15 heavy (non-hydrogen) atoms. The van der Waals surface area contributed by atoms with Gasteiger partial charge in [-0.25, -0.2) is 0 Å². The molecule has 78 valence electrons. The lowest BCUT2D eigenvalue weighted by atomic mass is 10.2. The number of hydrogen-bond donors (Lipinski definition) is 1. The Morgan fingerprint density at radius 3 is 2.20 bits per heavy atom. The molecule has 1 aromatic carbocycles. The van der Waals surface area contributed by atoms with E-state index in [-0.39, 0.29) is 5.69 Å². The topological polar surface area (TPSA) is 29.1 Å². The summed E-state index contributed by atoms with van der Waals surface area (Å²) in [6.07, 6.45) is 0.169. The zero-order valence-corrected chi connectivity index (χ0v) is 7.43. The van der Waals surface area contributed by atoms with E-state index in [0.717, 1.165) is 0 Å². The van der Waals surface area contributed by atoms with Gasteiger partial charge in [0.15, 0.2) is 0 Å². The SMILES string of the molecule is C#Cc1ccc(NC(=O)C(F)(F)F)cc1. The monoisotopic (exact) mass is 213 g/mol. The maximum atomic E-state index is 11.8. The van der Waals surface area contributed by atoms with Crippen molar-refractivity contribution in [1.82, 2.24) is 0 Å². The summed E-state index contributed by atoms with van der Waals surface area (Å²) in [7, 11) is 0. The molecule has 0 aliphatic carbocycles. The molecule has 0 unspecified atom stereocenters. The summed E-state index contributed by atoms with van der Waals surface area (Å²) < 4.78 is 35.5. The number of halogens is 3. The molecule has 0 heterocycles. The molecule has 1 aromatic rings. The second-order valence-electron chi connectivity index (χ2n) is 2.67. The van der Waals surface area contributed by atoms with Crippen LogP contribution in [0.5, 0.6) is 0 Å². The van der Waals surface area contributed by atoms with E-state index >= 15 is 0 Å². The molecule has 0 radical (unpaired) electrons. The van der Waals surface area contributed by atoms with Crippen LogP contribution in [-0.2, 0) is 4.79 Å². The first-order chi connectivity index (χ1) is 6.93. The molecule has 0 aromatic heterocycles. The molecule has 0 saturated carbocycles. The van der Waals surface area contributed by atoms with E-state index in [2.05, 4.69) is 5.92 Å². The van der Waals surface area contributed by atoms with E-state index in [0.29, 0.717) is 5.56 Å². The third-order valence-corrected chi connectivity index (χ3v) is 1.57. The lowest BCUT2D eigenvalue weighted by Crippen LogP contribution is -2.29. The summed E-state index contributed by atoms with van der Waals surface area (Å²) in [5.41, 5.74) is 0.580. The van der Waals surface area contributed by atoms with Gasteiger partial charge in [-0.1, -0.05) is 5.92 Å². The van der Waals surface area contributed by atoms with Crippen molar-refractivity contribution >= 4 is 11.6 Å². The third kappa shape index (κ3) is 3.02. The largest absolute Gasteiger partial charge is 0.471 e. The standard InChI is InChI=1S/C10H6F3NO/c1-2-7-3-5-8(6-4-7)14-9(15)10(11,12)13/h1,3-6H,(H,14,15).